The number of nitrogens with zero attached hydrogens (tertiary/aromatic N) is 2. The Kier molecular flexibility index (Phi) is 5.30. The van der Waals surface area contributed by atoms with Gasteiger partial charge in [-0.2, -0.15) is 0 Å². The Morgan fingerprint density at radius 2 is 1.83 bits per heavy atom. The Bertz CT molecular complexity index is 980. The van der Waals surface area contributed by atoms with Crippen LogP contribution in [0.1, 0.15) is 64.0 Å². The van der Waals surface area contributed by atoms with Gasteiger partial charge in [0.1, 0.15) is 11.6 Å². The molecule has 3 heterocycles. The first kappa shape index (κ1) is 20.4. The van der Waals surface area contributed by atoms with Crippen molar-refractivity contribution in [1.82, 2.24) is 14.8 Å². The van der Waals surface area contributed by atoms with Crippen molar-refractivity contribution in [3.8, 4) is 0 Å². The van der Waals surface area contributed by atoms with Crippen molar-refractivity contribution in [2.75, 3.05) is 13.1 Å². The number of nitrogens with one attached hydrogen (secondary N) is 1. The maximum Gasteiger partial charge on any atom is 0.410 e. The molecule has 2 fully saturated rings. The third-order valence-electron chi connectivity index (χ3n) is 5.93. The van der Waals surface area contributed by atoms with Gasteiger partial charge in [-0.3, -0.25) is 14.9 Å². The van der Waals surface area contributed by atoms with Gasteiger partial charge < -0.3 is 14.2 Å². The van der Waals surface area contributed by atoms with Crippen LogP contribution in [0.4, 0.5) is 4.79 Å². The van der Waals surface area contributed by atoms with Gasteiger partial charge in [0.15, 0.2) is 0 Å². The summed E-state index contributed by atoms with van der Waals surface area (Å²) in [6.45, 7) is 6.98. The van der Waals surface area contributed by atoms with Gasteiger partial charge in [0, 0.05) is 36.6 Å². The molecule has 30 heavy (non-hydrogen) atoms. The first-order valence-corrected chi connectivity index (χ1v) is 10.6. The Morgan fingerprint density at radius 3 is 2.50 bits per heavy atom. The van der Waals surface area contributed by atoms with Crippen LogP contribution in [-0.2, 0) is 14.3 Å². The molecular weight excluding hydrogens is 382 g/mol. The highest BCUT2D eigenvalue weighted by molar-refractivity contribution is 6.00. The lowest BCUT2D eigenvalue weighted by Gasteiger charge is -2.34. The monoisotopic (exact) mass is 411 g/mol. The molecule has 0 radical (unpaired) electrons. The fourth-order valence-corrected chi connectivity index (χ4v) is 4.49. The number of hydrogen-bond acceptors (Lipinski definition) is 4. The highest BCUT2D eigenvalue weighted by Crippen LogP contribution is 2.35. The minimum Gasteiger partial charge on any atom is -0.444 e. The van der Waals surface area contributed by atoms with Crippen molar-refractivity contribution in [2.45, 2.75) is 64.0 Å². The van der Waals surface area contributed by atoms with Gasteiger partial charge >= 0.3 is 6.09 Å². The van der Waals surface area contributed by atoms with Gasteiger partial charge in [-0.05, 0) is 63.6 Å². The molecule has 1 aromatic heterocycles. The van der Waals surface area contributed by atoms with Crippen LogP contribution in [0.15, 0.2) is 30.5 Å². The molecule has 2 aliphatic rings. The molecule has 1 aromatic carbocycles. The number of likely N-dealkylation sites (tertiary alicyclic amines) is 1. The molecule has 2 aromatic rings. The number of ether oxygens (including phenoxy) is 1. The van der Waals surface area contributed by atoms with E-state index in [4.69, 9.17) is 4.74 Å². The summed E-state index contributed by atoms with van der Waals surface area (Å²) in [7, 11) is 0. The minimum atomic E-state index is -0.488. The summed E-state index contributed by atoms with van der Waals surface area (Å²) >= 11 is 0. The van der Waals surface area contributed by atoms with Crippen LogP contribution in [0.5, 0.6) is 0 Å². The van der Waals surface area contributed by atoms with Gasteiger partial charge in [0.25, 0.3) is 0 Å². The van der Waals surface area contributed by atoms with E-state index < -0.39 is 5.60 Å². The van der Waals surface area contributed by atoms with Crippen LogP contribution in [0, 0.1) is 0 Å². The van der Waals surface area contributed by atoms with E-state index in [0.717, 1.165) is 23.7 Å². The van der Waals surface area contributed by atoms with Crippen LogP contribution in [0.2, 0.25) is 0 Å². The van der Waals surface area contributed by atoms with Crippen LogP contribution in [0.3, 0.4) is 0 Å². The van der Waals surface area contributed by atoms with E-state index in [1.807, 2.05) is 43.7 Å². The van der Waals surface area contributed by atoms with Gasteiger partial charge in [-0.25, -0.2) is 4.79 Å². The summed E-state index contributed by atoms with van der Waals surface area (Å²) in [5.41, 5.74) is 1.78. The van der Waals surface area contributed by atoms with E-state index in [-0.39, 0.29) is 23.9 Å². The first-order chi connectivity index (χ1) is 14.2. The number of piperidine rings is 2. The minimum absolute atomic E-state index is 0.204. The fourth-order valence-electron chi connectivity index (χ4n) is 4.49. The van der Waals surface area contributed by atoms with Crippen molar-refractivity contribution in [1.29, 1.82) is 0 Å². The molecule has 1 N–H and O–H groups in total. The molecule has 160 valence electrons. The highest BCUT2D eigenvalue weighted by atomic mass is 16.6. The maximum absolute atomic E-state index is 12.3. The molecule has 1 atom stereocenters. The average molecular weight is 412 g/mol. The number of benzene rings is 1. The van der Waals surface area contributed by atoms with Crippen molar-refractivity contribution in [3.05, 3.63) is 36.0 Å². The van der Waals surface area contributed by atoms with Crippen molar-refractivity contribution in [2.24, 2.45) is 0 Å². The largest absolute Gasteiger partial charge is 0.444 e. The number of amides is 3. The molecule has 2 saturated heterocycles. The summed E-state index contributed by atoms with van der Waals surface area (Å²) in [4.78, 5) is 37.9. The molecule has 7 heteroatoms. The smallest absolute Gasteiger partial charge is 0.410 e. The van der Waals surface area contributed by atoms with Crippen LogP contribution in [-0.4, -0.2) is 46.1 Å². The third-order valence-corrected chi connectivity index (χ3v) is 5.93. The Balaban J connectivity index is 1.51. The van der Waals surface area contributed by atoms with E-state index in [2.05, 4.69) is 17.4 Å². The first-order valence-electron chi connectivity index (χ1n) is 10.6. The van der Waals surface area contributed by atoms with Gasteiger partial charge in [-0.15, -0.1) is 0 Å². The summed E-state index contributed by atoms with van der Waals surface area (Å²) in [5.74, 6) is -0.0880. The predicted molar refractivity (Wildman–Crippen MR) is 113 cm³/mol. The maximum atomic E-state index is 12.3. The molecule has 2 aliphatic heterocycles. The van der Waals surface area contributed by atoms with Crippen molar-refractivity contribution in [3.63, 3.8) is 0 Å². The normalized spacial score (nSPS) is 21.0. The molecule has 3 amide bonds. The molecule has 0 unspecified atom stereocenters. The zero-order valence-corrected chi connectivity index (χ0v) is 17.8. The summed E-state index contributed by atoms with van der Waals surface area (Å²) in [5, 5.41) is 3.58. The number of carbonyl (C=O) groups excluding carboxylic acids is 3. The Hall–Kier alpha value is -2.83. The number of rotatable bonds is 2. The zero-order valence-electron chi connectivity index (χ0n) is 17.8. The van der Waals surface area contributed by atoms with Crippen molar-refractivity contribution < 1.29 is 19.1 Å². The van der Waals surface area contributed by atoms with Crippen LogP contribution >= 0.6 is 0 Å². The summed E-state index contributed by atoms with van der Waals surface area (Å²) in [6, 6.07) is 7.91. The number of carbonyl (C=O) groups is 3. The molecule has 7 nitrogen and oxygen atoms in total. The number of aromatic nitrogens is 1. The highest BCUT2D eigenvalue weighted by Gasteiger charge is 2.31. The summed E-state index contributed by atoms with van der Waals surface area (Å²) in [6.07, 6.45) is 4.34. The summed E-state index contributed by atoms with van der Waals surface area (Å²) < 4.78 is 7.48. The molecule has 0 saturated carbocycles. The van der Waals surface area contributed by atoms with Gasteiger partial charge in [0.2, 0.25) is 11.8 Å². The SMILES string of the molecule is CC(C)(C)OC(=O)N1CCC(c2cccc3c2ccn3[C@@H]2CCC(=O)NC2=O)CC1. The van der Waals surface area contributed by atoms with E-state index in [1.54, 1.807) is 4.90 Å². The lowest BCUT2D eigenvalue weighted by Crippen LogP contribution is -2.41. The zero-order chi connectivity index (χ0) is 21.5. The second kappa shape index (κ2) is 7.78. The Labute approximate surface area is 176 Å². The molecule has 0 spiro atoms. The molecular formula is C23H29N3O4. The van der Waals surface area contributed by atoms with Gasteiger partial charge in [0.05, 0.1) is 0 Å². The van der Waals surface area contributed by atoms with E-state index >= 15 is 0 Å². The second-order valence-electron chi connectivity index (χ2n) is 9.21. The topological polar surface area (TPSA) is 80.6 Å². The predicted octanol–water partition coefficient (Wildman–Crippen LogP) is 3.73. The molecule has 0 bridgehead atoms. The molecule has 0 aliphatic carbocycles. The number of hydrogen-bond donors (Lipinski definition) is 1. The van der Waals surface area contributed by atoms with Crippen LogP contribution < -0.4 is 5.32 Å². The van der Waals surface area contributed by atoms with Gasteiger partial charge in [-0.1, -0.05) is 12.1 Å². The second-order valence-corrected chi connectivity index (χ2v) is 9.21. The fraction of sp³-hybridized carbons (Fsp3) is 0.522. The number of imide groups is 1. The number of fused-ring (bicyclic) bond motifs is 1. The standard InChI is InChI=1S/C23H29N3O4/c1-23(2,3)30-22(29)25-12-9-15(10-13-25)16-5-4-6-18-17(16)11-14-26(18)19-7-8-20(27)24-21(19)28/h4-6,11,14-15,19H,7-10,12-13H2,1-3H3,(H,24,27,28)/t19-/m1/s1. The molecule has 4 rings (SSSR count). The van der Waals surface area contributed by atoms with Crippen molar-refractivity contribution >= 4 is 28.8 Å². The lowest BCUT2D eigenvalue weighted by molar-refractivity contribution is -0.135. The quantitative estimate of drug-likeness (QED) is 0.764. The third kappa shape index (κ3) is 4.06. The average Bonchev–Trinajstić information content (AvgIpc) is 3.11. The Morgan fingerprint density at radius 1 is 1.10 bits per heavy atom. The lowest BCUT2D eigenvalue weighted by atomic mass is 9.87. The van der Waals surface area contributed by atoms with Crippen LogP contribution in [0.25, 0.3) is 10.9 Å². The van der Waals surface area contributed by atoms with E-state index in [9.17, 15) is 14.4 Å². The van der Waals surface area contributed by atoms with E-state index in [1.165, 1.54) is 5.56 Å². The van der Waals surface area contributed by atoms with E-state index in [0.29, 0.717) is 31.8 Å².